The van der Waals surface area contributed by atoms with Gasteiger partial charge in [0, 0.05) is 13.0 Å². The van der Waals surface area contributed by atoms with Crippen molar-refractivity contribution in [2.45, 2.75) is 45.6 Å². The van der Waals surface area contributed by atoms with Crippen LogP contribution in [-0.4, -0.2) is 30.2 Å². The smallest absolute Gasteiger partial charge is 0.222 e. The third-order valence-electron chi connectivity index (χ3n) is 2.08. The van der Waals surface area contributed by atoms with Gasteiger partial charge < -0.3 is 15.8 Å². The van der Waals surface area contributed by atoms with E-state index in [-0.39, 0.29) is 11.9 Å². The first-order valence-corrected chi connectivity index (χ1v) is 6.19. The molecule has 16 heavy (non-hydrogen) atoms. The third kappa shape index (κ3) is 7.59. The van der Waals surface area contributed by atoms with Gasteiger partial charge in [0.2, 0.25) is 5.91 Å². The predicted octanol–water partition coefficient (Wildman–Crippen LogP) is 1.37. The Labute approximate surface area is 103 Å². The zero-order chi connectivity index (χ0) is 12.4. The van der Waals surface area contributed by atoms with Gasteiger partial charge in [0.1, 0.15) is 0 Å². The molecule has 0 heterocycles. The largest absolute Gasteiger partial charge is 0.392 e. The molecule has 0 spiro atoms. The van der Waals surface area contributed by atoms with Crippen LogP contribution in [-0.2, 0) is 9.53 Å². The molecule has 0 rings (SSSR count). The van der Waals surface area contributed by atoms with Crippen LogP contribution in [0.5, 0.6) is 0 Å². The molecule has 3 N–H and O–H groups in total. The molecule has 0 aliphatic heterocycles. The number of ether oxygens (including phenoxy) is 1. The van der Waals surface area contributed by atoms with E-state index in [9.17, 15) is 4.79 Å². The van der Waals surface area contributed by atoms with Crippen LogP contribution in [0.25, 0.3) is 0 Å². The van der Waals surface area contributed by atoms with E-state index < -0.39 is 0 Å². The summed E-state index contributed by atoms with van der Waals surface area (Å²) >= 11 is 4.89. The zero-order valence-electron chi connectivity index (χ0n) is 10.1. The van der Waals surface area contributed by atoms with Gasteiger partial charge >= 0.3 is 0 Å². The second-order valence-corrected chi connectivity index (χ2v) is 4.14. The molecule has 0 saturated heterocycles. The highest BCUT2D eigenvalue weighted by molar-refractivity contribution is 7.80. The number of carbonyl (C=O) groups excluding carboxylic acids is 1. The van der Waals surface area contributed by atoms with E-state index in [1.807, 2.05) is 13.8 Å². The van der Waals surface area contributed by atoms with Crippen molar-refractivity contribution in [2.75, 3.05) is 13.2 Å². The summed E-state index contributed by atoms with van der Waals surface area (Å²) in [5.74, 6) is -0.0534. The van der Waals surface area contributed by atoms with Gasteiger partial charge in [0.15, 0.2) is 0 Å². The molecular formula is C11H22N2O2S. The summed E-state index contributed by atoms with van der Waals surface area (Å²) in [6.07, 6.45) is 3.06. The van der Waals surface area contributed by atoms with Crippen molar-refractivity contribution in [3.05, 3.63) is 0 Å². The maximum atomic E-state index is 11.5. The lowest BCUT2D eigenvalue weighted by Crippen LogP contribution is -2.43. The molecule has 0 aromatic heterocycles. The fourth-order valence-corrected chi connectivity index (χ4v) is 1.43. The second-order valence-electron chi connectivity index (χ2n) is 3.67. The Bertz CT molecular complexity index is 222. The molecule has 0 aliphatic carbocycles. The molecule has 5 heteroatoms. The molecule has 94 valence electrons. The second kappa shape index (κ2) is 9.54. The van der Waals surface area contributed by atoms with Crippen LogP contribution in [0.4, 0.5) is 0 Å². The van der Waals surface area contributed by atoms with Crippen LogP contribution in [0.15, 0.2) is 0 Å². The molecule has 4 nitrogen and oxygen atoms in total. The maximum Gasteiger partial charge on any atom is 0.222 e. The van der Waals surface area contributed by atoms with Crippen LogP contribution < -0.4 is 11.1 Å². The minimum Gasteiger partial charge on any atom is -0.392 e. The number of nitrogens with two attached hydrogens (primary N) is 1. The van der Waals surface area contributed by atoms with E-state index in [1.54, 1.807) is 0 Å². The molecule has 0 aromatic rings. The molecule has 1 amide bonds. The van der Waals surface area contributed by atoms with E-state index in [4.69, 9.17) is 22.7 Å². The van der Waals surface area contributed by atoms with E-state index >= 15 is 0 Å². The van der Waals surface area contributed by atoms with Gasteiger partial charge in [-0.2, -0.15) is 0 Å². The van der Waals surface area contributed by atoms with Gasteiger partial charge in [-0.3, -0.25) is 4.79 Å². The lowest BCUT2D eigenvalue weighted by molar-refractivity contribution is -0.122. The average molecular weight is 246 g/mol. The predicted molar refractivity (Wildman–Crippen MR) is 69.4 cm³/mol. The van der Waals surface area contributed by atoms with Crippen molar-refractivity contribution in [1.29, 1.82) is 0 Å². The monoisotopic (exact) mass is 246 g/mol. The number of thiocarbonyl (C=S) groups is 1. The minimum absolute atomic E-state index is 0.0534. The highest BCUT2D eigenvalue weighted by atomic mass is 32.1. The highest BCUT2D eigenvalue weighted by Crippen LogP contribution is 1.98. The molecule has 0 aliphatic rings. The number of hydrogen-bond donors (Lipinski definition) is 2. The van der Waals surface area contributed by atoms with Crippen molar-refractivity contribution < 1.29 is 9.53 Å². The number of rotatable bonds is 9. The standard InChI is InChI=1S/C11H22N2O2S/c1-3-5-9(11(12)16)13-10(14)6-8-15-7-4-2/h9H,3-8H2,1-2H3,(H2,12,16)(H,13,14). The summed E-state index contributed by atoms with van der Waals surface area (Å²) in [6.45, 7) is 5.21. The summed E-state index contributed by atoms with van der Waals surface area (Å²) in [5, 5.41) is 2.81. The molecule has 0 bridgehead atoms. The fourth-order valence-electron chi connectivity index (χ4n) is 1.25. The lowest BCUT2D eigenvalue weighted by atomic mass is 10.1. The highest BCUT2D eigenvalue weighted by Gasteiger charge is 2.13. The molecule has 1 atom stereocenters. The Balaban J connectivity index is 3.77. The molecule has 0 aromatic carbocycles. The summed E-state index contributed by atoms with van der Waals surface area (Å²) < 4.78 is 5.23. The van der Waals surface area contributed by atoms with Crippen molar-refractivity contribution >= 4 is 23.1 Å². The number of nitrogens with one attached hydrogen (secondary N) is 1. The molecule has 0 saturated carbocycles. The Morgan fingerprint density at radius 3 is 2.56 bits per heavy atom. The minimum atomic E-state index is -0.182. The zero-order valence-corrected chi connectivity index (χ0v) is 10.9. The Kier molecular flexibility index (Phi) is 9.13. The van der Waals surface area contributed by atoms with Crippen LogP contribution in [0, 0.1) is 0 Å². The summed E-state index contributed by atoms with van der Waals surface area (Å²) in [7, 11) is 0. The van der Waals surface area contributed by atoms with E-state index in [0.29, 0.717) is 24.6 Å². The topological polar surface area (TPSA) is 64.3 Å². The number of carbonyl (C=O) groups is 1. The van der Waals surface area contributed by atoms with Crippen molar-refractivity contribution in [3.63, 3.8) is 0 Å². The molecular weight excluding hydrogens is 224 g/mol. The lowest BCUT2D eigenvalue weighted by Gasteiger charge is -2.16. The van der Waals surface area contributed by atoms with Crippen LogP contribution in [0.3, 0.4) is 0 Å². The summed E-state index contributed by atoms with van der Waals surface area (Å²) in [4.78, 5) is 11.8. The summed E-state index contributed by atoms with van der Waals surface area (Å²) in [5.41, 5.74) is 5.53. The number of amides is 1. The Morgan fingerprint density at radius 2 is 2.06 bits per heavy atom. The van der Waals surface area contributed by atoms with Gasteiger partial charge in [-0.25, -0.2) is 0 Å². The summed E-state index contributed by atoms with van der Waals surface area (Å²) in [6, 6.07) is -0.182. The average Bonchev–Trinajstić information content (AvgIpc) is 2.23. The van der Waals surface area contributed by atoms with E-state index in [0.717, 1.165) is 19.3 Å². The first-order valence-electron chi connectivity index (χ1n) is 5.78. The van der Waals surface area contributed by atoms with Crippen LogP contribution in [0.1, 0.15) is 39.5 Å². The van der Waals surface area contributed by atoms with Crippen LogP contribution in [0.2, 0.25) is 0 Å². The normalized spacial score (nSPS) is 12.1. The van der Waals surface area contributed by atoms with Gasteiger partial charge in [-0.1, -0.05) is 32.5 Å². The Hall–Kier alpha value is -0.680. The van der Waals surface area contributed by atoms with Crippen molar-refractivity contribution in [1.82, 2.24) is 5.32 Å². The molecule has 0 fully saturated rings. The molecule has 0 radical (unpaired) electrons. The Morgan fingerprint density at radius 1 is 1.38 bits per heavy atom. The number of hydrogen-bond acceptors (Lipinski definition) is 3. The SMILES string of the molecule is CCCOCCC(=O)NC(CCC)C(N)=S. The van der Waals surface area contributed by atoms with Gasteiger partial charge in [0.05, 0.1) is 17.6 Å². The van der Waals surface area contributed by atoms with Gasteiger partial charge in [-0.05, 0) is 12.8 Å². The first-order chi connectivity index (χ1) is 7.61. The molecule has 1 unspecified atom stereocenters. The van der Waals surface area contributed by atoms with E-state index in [2.05, 4.69) is 5.32 Å². The fraction of sp³-hybridized carbons (Fsp3) is 0.818. The quantitative estimate of drug-likeness (QED) is 0.476. The van der Waals surface area contributed by atoms with Crippen LogP contribution >= 0.6 is 12.2 Å². The van der Waals surface area contributed by atoms with E-state index in [1.165, 1.54) is 0 Å². The van der Waals surface area contributed by atoms with Crippen molar-refractivity contribution in [3.8, 4) is 0 Å². The van der Waals surface area contributed by atoms with Gasteiger partial charge in [-0.15, -0.1) is 0 Å². The van der Waals surface area contributed by atoms with Gasteiger partial charge in [0.25, 0.3) is 0 Å². The third-order valence-corrected chi connectivity index (χ3v) is 2.36. The first kappa shape index (κ1) is 15.3. The van der Waals surface area contributed by atoms with Crippen molar-refractivity contribution in [2.24, 2.45) is 5.73 Å². The maximum absolute atomic E-state index is 11.5.